The van der Waals surface area contributed by atoms with Crippen LogP contribution < -0.4 is 25.5 Å². The molecule has 63 heavy (non-hydrogen) atoms. The zero-order valence-electron chi connectivity index (χ0n) is 34.2. The first-order valence-corrected chi connectivity index (χ1v) is 23.2. The highest BCUT2D eigenvalue weighted by atomic mass is 28.3. The van der Waals surface area contributed by atoms with Gasteiger partial charge in [0.2, 0.25) is 5.78 Å². The minimum atomic E-state index is -3.28. The monoisotopic (exact) mass is 829 g/mol. The van der Waals surface area contributed by atoms with Gasteiger partial charge < -0.3 is 4.74 Å². The lowest BCUT2D eigenvalue weighted by atomic mass is 9.66. The Morgan fingerprint density at radius 3 is 1.79 bits per heavy atom. The molecule has 0 amide bonds. The number of hydrogen-bond donors (Lipinski definition) is 0. The van der Waals surface area contributed by atoms with Crippen molar-refractivity contribution in [2.75, 3.05) is 0 Å². The van der Waals surface area contributed by atoms with E-state index < -0.39 is 13.5 Å². The van der Waals surface area contributed by atoms with Gasteiger partial charge in [0.1, 0.15) is 11.5 Å². The van der Waals surface area contributed by atoms with Crippen molar-refractivity contribution in [1.29, 1.82) is 0 Å². The molecule has 0 bridgehead atoms. The van der Waals surface area contributed by atoms with E-state index in [2.05, 4.69) is 195 Å². The highest BCUT2D eigenvalue weighted by Crippen LogP contribution is 2.51. The SMILES string of the molecule is c1ccc([Si](c2ccccc2)(c2cccc(-n3c4ccccc4n4c5ccccc5nc34)c2)c2cccc3c2Oc2ccccc2C3(Cc2cnccn2)Cc2cnccn2)cc1. The number of benzene rings is 7. The van der Waals surface area contributed by atoms with Gasteiger partial charge in [0.15, 0.2) is 8.07 Å². The van der Waals surface area contributed by atoms with Crippen LogP contribution in [0.25, 0.3) is 33.5 Å². The van der Waals surface area contributed by atoms with Gasteiger partial charge in [0, 0.05) is 72.3 Å². The Labute approximate surface area is 364 Å². The number of para-hydroxylation sites is 6. The molecule has 7 aromatic carbocycles. The maximum Gasteiger partial charge on any atom is 0.220 e. The molecule has 0 aliphatic carbocycles. The van der Waals surface area contributed by atoms with E-state index in [0.29, 0.717) is 12.8 Å². The van der Waals surface area contributed by atoms with Crippen LogP contribution in [0.1, 0.15) is 22.5 Å². The second kappa shape index (κ2) is 14.9. The van der Waals surface area contributed by atoms with Crippen molar-refractivity contribution in [2.45, 2.75) is 18.3 Å². The second-order valence-corrected chi connectivity index (χ2v) is 20.0. The minimum absolute atomic E-state index is 0.574. The van der Waals surface area contributed by atoms with E-state index in [9.17, 15) is 0 Å². The Kier molecular flexibility index (Phi) is 8.68. The summed E-state index contributed by atoms with van der Waals surface area (Å²) in [4.78, 5) is 24.1. The Hall–Kier alpha value is -8.01. The molecule has 8 nitrogen and oxygen atoms in total. The largest absolute Gasteiger partial charge is 0.457 e. The number of fused-ring (bicyclic) bond motifs is 7. The molecule has 1 aliphatic heterocycles. The highest BCUT2D eigenvalue weighted by Gasteiger charge is 2.49. The topological polar surface area (TPSA) is 83.0 Å². The lowest BCUT2D eigenvalue weighted by Gasteiger charge is -2.43. The number of aromatic nitrogens is 7. The van der Waals surface area contributed by atoms with Gasteiger partial charge in [-0.25, -0.2) is 4.98 Å². The highest BCUT2D eigenvalue weighted by molar-refractivity contribution is 7.20. The van der Waals surface area contributed by atoms with Gasteiger partial charge in [0.25, 0.3) is 0 Å². The number of rotatable bonds is 9. The van der Waals surface area contributed by atoms with Crippen LogP contribution in [0.4, 0.5) is 0 Å². The molecular weight excluding hydrogens is 791 g/mol. The fourth-order valence-electron chi connectivity index (χ4n) is 10.3. The molecule has 9 heteroatoms. The smallest absolute Gasteiger partial charge is 0.220 e. The van der Waals surface area contributed by atoms with Crippen molar-refractivity contribution >= 4 is 56.7 Å². The van der Waals surface area contributed by atoms with Gasteiger partial charge in [-0.3, -0.25) is 28.9 Å². The van der Waals surface area contributed by atoms with Crippen molar-refractivity contribution in [2.24, 2.45) is 0 Å². The minimum Gasteiger partial charge on any atom is -0.457 e. The molecule has 5 heterocycles. The summed E-state index contributed by atoms with van der Waals surface area (Å²) >= 11 is 0. The van der Waals surface area contributed by atoms with Crippen molar-refractivity contribution < 1.29 is 4.74 Å². The van der Waals surface area contributed by atoms with Gasteiger partial charge in [0.05, 0.1) is 33.5 Å². The average molecular weight is 830 g/mol. The summed E-state index contributed by atoms with van der Waals surface area (Å²) in [5, 5.41) is 4.85. The maximum absolute atomic E-state index is 7.41. The zero-order chi connectivity index (χ0) is 41.8. The van der Waals surface area contributed by atoms with Gasteiger partial charge in [-0.15, -0.1) is 0 Å². The molecule has 0 unspecified atom stereocenters. The van der Waals surface area contributed by atoms with E-state index in [1.165, 1.54) is 15.6 Å². The molecule has 0 radical (unpaired) electrons. The molecule has 0 saturated heterocycles. The van der Waals surface area contributed by atoms with Crippen molar-refractivity contribution in [3.8, 4) is 17.2 Å². The van der Waals surface area contributed by atoms with Crippen LogP contribution in [0.5, 0.6) is 11.5 Å². The summed E-state index contributed by atoms with van der Waals surface area (Å²) in [7, 11) is -3.28. The normalized spacial score (nSPS) is 13.1. The Morgan fingerprint density at radius 2 is 1.10 bits per heavy atom. The van der Waals surface area contributed by atoms with Crippen LogP contribution >= 0.6 is 0 Å². The Bertz CT molecular complexity index is 3370. The summed E-state index contributed by atoms with van der Waals surface area (Å²) in [5.41, 5.74) is 8.55. The van der Waals surface area contributed by atoms with E-state index in [1.54, 1.807) is 24.8 Å². The van der Waals surface area contributed by atoms with Gasteiger partial charge in [-0.05, 0) is 63.2 Å². The first-order chi connectivity index (χ1) is 31.2. The Balaban J connectivity index is 1.17. The third kappa shape index (κ3) is 5.77. The van der Waals surface area contributed by atoms with E-state index in [1.807, 2.05) is 12.4 Å². The van der Waals surface area contributed by atoms with Crippen LogP contribution in [-0.4, -0.2) is 42.0 Å². The van der Waals surface area contributed by atoms with E-state index >= 15 is 0 Å². The van der Waals surface area contributed by atoms with E-state index in [4.69, 9.17) is 19.7 Å². The quantitative estimate of drug-likeness (QED) is 0.108. The molecule has 1 aliphatic rings. The first-order valence-electron chi connectivity index (χ1n) is 21.2. The van der Waals surface area contributed by atoms with Gasteiger partial charge in [-0.2, -0.15) is 0 Å². The number of nitrogens with zero attached hydrogens (tertiary/aromatic N) is 7. The predicted molar refractivity (Wildman–Crippen MR) is 252 cm³/mol. The molecule has 300 valence electrons. The second-order valence-electron chi connectivity index (χ2n) is 16.2. The summed E-state index contributed by atoms with van der Waals surface area (Å²) in [5.74, 6) is 2.55. The molecule has 0 spiro atoms. The van der Waals surface area contributed by atoms with E-state index in [0.717, 1.165) is 72.7 Å². The van der Waals surface area contributed by atoms with Crippen molar-refractivity contribution in [1.82, 2.24) is 33.9 Å². The third-order valence-electron chi connectivity index (χ3n) is 12.8. The van der Waals surface area contributed by atoms with Crippen LogP contribution in [0, 0.1) is 0 Å². The maximum atomic E-state index is 7.41. The summed E-state index contributed by atoms with van der Waals surface area (Å²) < 4.78 is 12.0. The van der Waals surface area contributed by atoms with Crippen LogP contribution in [0.15, 0.2) is 213 Å². The molecule has 0 fully saturated rings. The summed E-state index contributed by atoms with van der Waals surface area (Å²) in [6.45, 7) is 0. The van der Waals surface area contributed by atoms with Crippen molar-refractivity contribution in [3.63, 3.8) is 0 Å². The van der Waals surface area contributed by atoms with Crippen LogP contribution in [0.2, 0.25) is 0 Å². The third-order valence-corrected chi connectivity index (χ3v) is 17.6. The molecule has 4 aromatic heterocycles. The molecule has 0 N–H and O–H groups in total. The molecule has 11 aromatic rings. The molecule has 0 saturated carbocycles. The van der Waals surface area contributed by atoms with E-state index in [-0.39, 0.29) is 0 Å². The first kappa shape index (κ1) is 36.8. The molecule has 0 atom stereocenters. The van der Waals surface area contributed by atoms with Crippen LogP contribution in [-0.2, 0) is 18.3 Å². The average Bonchev–Trinajstić information content (AvgIpc) is 3.88. The fraction of sp³-hybridized carbons (Fsp3) is 0.0556. The zero-order valence-corrected chi connectivity index (χ0v) is 35.2. The number of hydrogen-bond acceptors (Lipinski definition) is 6. The lowest BCUT2D eigenvalue weighted by Crippen LogP contribution is -2.75. The molecular formula is C54H39N7OSi. The fourth-order valence-corrected chi connectivity index (χ4v) is 15.2. The number of ether oxygens (including phenoxy) is 1. The standard InChI is InChI=1S/C54H39N7OSi/c1-3-16-41(17-4-1)63(42-18-5-2-6-19-42,43-20-13-15-40(33-43)60-48-25-10-11-26-49(48)61-47-24-9-8-23-46(47)59-53(60)61)51-28-14-22-45-52(51)62-50-27-12-7-21-44(50)54(45,34-38-36-55-29-31-57-38)35-39-37-56-30-32-58-39/h1-33,36-37H,34-35H2. The van der Waals surface area contributed by atoms with Crippen LogP contribution in [0.3, 0.4) is 0 Å². The van der Waals surface area contributed by atoms with Gasteiger partial charge in [-0.1, -0.05) is 133 Å². The number of imidazole rings is 2. The summed E-state index contributed by atoms with van der Waals surface area (Å²) in [6.07, 6.45) is 11.9. The predicted octanol–water partition coefficient (Wildman–Crippen LogP) is 8.27. The van der Waals surface area contributed by atoms with Crippen molar-refractivity contribution in [3.05, 3.63) is 236 Å². The Morgan fingerprint density at radius 1 is 0.508 bits per heavy atom. The summed E-state index contributed by atoms with van der Waals surface area (Å²) in [6, 6.07) is 63.5. The molecule has 12 rings (SSSR count). The lowest BCUT2D eigenvalue weighted by molar-refractivity contribution is 0.383. The van der Waals surface area contributed by atoms with Gasteiger partial charge >= 0.3 is 0 Å².